The zero-order chi connectivity index (χ0) is 23.8. The Kier molecular flexibility index (Phi) is 6.10. The maximum atomic E-state index is 13.6. The first-order chi connectivity index (χ1) is 15.7. The smallest absolute Gasteiger partial charge is 0.211 e. The largest absolute Gasteiger partial charge is 0.396 e. The number of aryl methyl sites for hydroxylation is 3. The molecule has 1 heterocycles. The molecule has 0 aliphatic rings. The Hall–Kier alpha value is -3.42. The van der Waals surface area contributed by atoms with Crippen LogP contribution in [0.3, 0.4) is 0 Å². The van der Waals surface area contributed by atoms with Crippen molar-refractivity contribution in [1.29, 1.82) is 0 Å². The number of nitrogen functional groups attached to an aromatic ring is 1. The van der Waals surface area contributed by atoms with Crippen molar-refractivity contribution in [3.05, 3.63) is 99.9 Å². The molecule has 0 amide bonds. The summed E-state index contributed by atoms with van der Waals surface area (Å²) in [6.45, 7) is 5.92. The molecule has 4 aromatic rings. The van der Waals surface area contributed by atoms with E-state index in [2.05, 4.69) is 5.32 Å². The lowest BCUT2D eigenvalue weighted by atomic mass is 10.1. The molecular formula is C26H24N2O3S2. The van der Waals surface area contributed by atoms with Crippen molar-refractivity contribution >= 4 is 43.3 Å². The highest BCUT2D eigenvalue weighted by molar-refractivity contribution is 7.92. The molecular weight excluding hydrogens is 452 g/mol. The minimum Gasteiger partial charge on any atom is -0.396 e. The first kappa shape index (κ1) is 22.8. The number of hydrogen-bond donors (Lipinski definition) is 2. The molecule has 33 heavy (non-hydrogen) atoms. The van der Waals surface area contributed by atoms with Gasteiger partial charge in [0.05, 0.1) is 10.6 Å². The Morgan fingerprint density at radius 2 is 1.55 bits per heavy atom. The van der Waals surface area contributed by atoms with Crippen LogP contribution in [0.1, 0.15) is 31.9 Å². The zero-order valence-electron chi connectivity index (χ0n) is 18.5. The van der Waals surface area contributed by atoms with Crippen LogP contribution in [0.25, 0.3) is 0 Å². The van der Waals surface area contributed by atoms with E-state index < -0.39 is 9.84 Å². The lowest BCUT2D eigenvalue weighted by Crippen LogP contribution is -2.08. The van der Waals surface area contributed by atoms with Crippen molar-refractivity contribution in [2.45, 2.75) is 30.6 Å². The molecule has 0 aliphatic carbocycles. The molecule has 0 fully saturated rings. The van der Waals surface area contributed by atoms with Crippen LogP contribution in [0.5, 0.6) is 0 Å². The van der Waals surface area contributed by atoms with Gasteiger partial charge < -0.3 is 11.1 Å². The highest BCUT2D eigenvalue weighted by atomic mass is 32.2. The van der Waals surface area contributed by atoms with Crippen LogP contribution in [0, 0.1) is 20.8 Å². The zero-order valence-corrected chi connectivity index (χ0v) is 20.2. The number of thiophene rings is 1. The first-order valence-corrected chi connectivity index (χ1v) is 12.7. The Balaban J connectivity index is 1.88. The molecule has 7 heteroatoms. The predicted octanol–water partition coefficient (Wildman–Crippen LogP) is 6.06. The third-order valence-electron chi connectivity index (χ3n) is 5.51. The van der Waals surface area contributed by atoms with Crippen molar-refractivity contribution in [1.82, 2.24) is 0 Å². The van der Waals surface area contributed by atoms with Crippen LogP contribution in [0.15, 0.2) is 82.6 Å². The van der Waals surface area contributed by atoms with Gasteiger partial charge in [0.15, 0.2) is 0 Å². The van der Waals surface area contributed by atoms with Crippen molar-refractivity contribution < 1.29 is 13.2 Å². The van der Waals surface area contributed by atoms with Gasteiger partial charge in [0.2, 0.25) is 15.6 Å². The molecule has 3 N–H and O–H groups in total. The molecule has 0 saturated heterocycles. The fraction of sp³-hybridized carbons (Fsp3) is 0.115. The average Bonchev–Trinajstić information content (AvgIpc) is 3.13. The molecule has 4 rings (SSSR count). The number of ketones is 1. The highest BCUT2D eigenvalue weighted by Crippen LogP contribution is 2.44. The molecule has 0 radical (unpaired) electrons. The number of anilines is 3. The van der Waals surface area contributed by atoms with Crippen LogP contribution in [0.4, 0.5) is 16.4 Å². The molecule has 168 valence electrons. The predicted molar refractivity (Wildman–Crippen MR) is 134 cm³/mol. The Bertz CT molecular complexity index is 1440. The molecule has 0 unspecified atom stereocenters. The second-order valence-corrected chi connectivity index (χ2v) is 10.8. The van der Waals surface area contributed by atoms with E-state index in [1.165, 1.54) is 12.1 Å². The number of nitrogens with one attached hydrogen (secondary N) is 1. The van der Waals surface area contributed by atoms with E-state index in [0.29, 0.717) is 10.6 Å². The summed E-state index contributed by atoms with van der Waals surface area (Å²) in [7, 11) is -3.97. The van der Waals surface area contributed by atoms with Crippen molar-refractivity contribution in [3.63, 3.8) is 0 Å². The van der Waals surface area contributed by atoms with Crippen LogP contribution in [0.2, 0.25) is 0 Å². The Labute approximate surface area is 197 Å². The minimum atomic E-state index is -3.97. The summed E-state index contributed by atoms with van der Waals surface area (Å²) < 4.78 is 27.2. The maximum absolute atomic E-state index is 13.6. The van der Waals surface area contributed by atoms with Crippen molar-refractivity contribution in [2.75, 3.05) is 11.1 Å². The van der Waals surface area contributed by atoms with Crippen LogP contribution >= 0.6 is 11.3 Å². The van der Waals surface area contributed by atoms with Gasteiger partial charge in [-0.05, 0) is 56.2 Å². The lowest BCUT2D eigenvalue weighted by molar-refractivity contribution is 0.104. The van der Waals surface area contributed by atoms with Crippen LogP contribution in [-0.2, 0) is 9.84 Å². The summed E-state index contributed by atoms with van der Waals surface area (Å²) in [5.41, 5.74) is 10.7. The average molecular weight is 477 g/mol. The van der Waals surface area contributed by atoms with Crippen molar-refractivity contribution in [2.24, 2.45) is 0 Å². The molecule has 0 spiro atoms. The van der Waals surface area contributed by atoms with E-state index in [1.54, 1.807) is 30.3 Å². The van der Waals surface area contributed by atoms with E-state index in [9.17, 15) is 13.2 Å². The normalized spacial score (nSPS) is 11.4. The summed E-state index contributed by atoms with van der Waals surface area (Å²) in [5, 5.41) is 3.52. The first-order valence-electron chi connectivity index (χ1n) is 10.4. The summed E-state index contributed by atoms with van der Waals surface area (Å²) in [6, 6.07) is 21.0. The molecule has 0 atom stereocenters. The summed E-state index contributed by atoms with van der Waals surface area (Å²) >= 11 is 1.05. The number of carbonyl (C=O) groups is 1. The lowest BCUT2D eigenvalue weighted by Gasteiger charge is -2.11. The van der Waals surface area contributed by atoms with Gasteiger partial charge in [-0.1, -0.05) is 54.1 Å². The molecule has 3 aromatic carbocycles. The van der Waals surface area contributed by atoms with Gasteiger partial charge in [0, 0.05) is 11.3 Å². The third kappa shape index (κ3) is 4.42. The fourth-order valence-corrected chi connectivity index (χ4v) is 6.41. The number of benzene rings is 3. The van der Waals surface area contributed by atoms with E-state index in [-0.39, 0.29) is 26.1 Å². The van der Waals surface area contributed by atoms with Gasteiger partial charge in [0.25, 0.3) is 0 Å². The maximum Gasteiger partial charge on any atom is 0.211 e. The number of rotatable bonds is 6. The van der Waals surface area contributed by atoms with E-state index in [4.69, 9.17) is 5.73 Å². The number of nitrogens with two attached hydrogens (primary N) is 1. The topological polar surface area (TPSA) is 89.3 Å². The molecule has 1 aromatic heterocycles. The van der Waals surface area contributed by atoms with Gasteiger partial charge >= 0.3 is 0 Å². The van der Waals surface area contributed by atoms with E-state index >= 15 is 0 Å². The molecule has 0 aliphatic heterocycles. The summed E-state index contributed by atoms with van der Waals surface area (Å²) in [6.07, 6.45) is 0. The van der Waals surface area contributed by atoms with Gasteiger partial charge in [-0.15, -0.1) is 11.3 Å². The Morgan fingerprint density at radius 3 is 2.18 bits per heavy atom. The quantitative estimate of drug-likeness (QED) is 0.330. The SMILES string of the molecule is Cc1ccc(C(=O)c2sc(Nc3ccc(C)c(C)c3)c(S(=O)(=O)c3ccccc3)c2N)cc1. The number of sulfone groups is 1. The summed E-state index contributed by atoms with van der Waals surface area (Å²) in [5.74, 6) is -0.310. The minimum absolute atomic E-state index is 0.0410. The molecule has 0 bridgehead atoms. The molecule has 0 saturated carbocycles. The second kappa shape index (κ2) is 8.84. The molecule has 5 nitrogen and oxygen atoms in total. The van der Waals surface area contributed by atoms with Gasteiger partial charge in [-0.25, -0.2) is 8.42 Å². The second-order valence-electron chi connectivity index (χ2n) is 7.94. The number of hydrogen-bond acceptors (Lipinski definition) is 6. The fourth-order valence-electron chi connectivity index (χ4n) is 3.45. The standard InChI is InChI=1S/C26H24N2O3S2/c1-16-9-12-19(13-10-16)23(29)24-22(27)25(33(30,31)21-7-5-4-6-8-21)26(32-24)28-20-14-11-17(2)18(3)15-20/h4-15,28H,27H2,1-3H3. The third-order valence-corrected chi connectivity index (χ3v) is 8.61. The monoisotopic (exact) mass is 476 g/mol. The van der Waals surface area contributed by atoms with E-state index in [1.807, 2.05) is 51.1 Å². The van der Waals surface area contributed by atoms with Crippen LogP contribution in [-0.4, -0.2) is 14.2 Å². The van der Waals surface area contributed by atoms with E-state index in [0.717, 1.165) is 33.7 Å². The highest BCUT2D eigenvalue weighted by Gasteiger charge is 2.31. The van der Waals surface area contributed by atoms with Gasteiger partial charge in [-0.2, -0.15) is 0 Å². The van der Waals surface area contributed by atoms with Gasteiger partial charge in [-0.3, -0.25) is 4.79 Å². The van der Waals surface area contributed by atoms with Crippen LogP contribution < -0.4 is 11.1 Å². The van der Waals surface area contributed by atoms with Gasteiger partial charge in [0.1, 0.15) is 14.8 Å². The Morgan fingerprint density at radius 1 is 0.879 bits per heavy atom. The number of carbonyl (C=O) groups excluding carboxylic acids is 1. The van der Waals surface area contributed by atoms with Crippen molar-refractivity contribution in [3.8, 4) is 0 Å². The summed E-state index contributed by atoms with van der Waals surface area (Å²) in [4.78, 5) is 13.5.